The number of nitrogens with one attached hydrogen (secondary N) is 3. The van der Waals surface area contributed by atoms with E-state index < -0.39 is 17.8 Å². The number of aliphatic hydroxyl groups excluding tert-OH is 1. The van der Waals surface area contributed by atoms with Gasteiger partial charge in [-0.25, -0.2) is 4.39 Å². The van der Waals surface area contributed by atoms with Gasteiger partial charge in [-0.05, 0) is 68.7 Å². The van der Waals surface area contributed by atoms with Crippen molar-refractivity contribution in [2.75, 3.05) is 5.32 Å². The van der Waals surface area contributed by atoms with E-state index in [1.54, 1.807) is 24.3 Å². The maximum atomic E-state index is 13.0. The van der Waals surface area contributed by atoms with Crippen molar-refractivity contribution in [2.24, 2.45) is 0 Å². The fourth-order valence-electron chi connectivity index (χ4n) is 3.82. The minimum absolute atomic E-state index is 0.303. The lowest BCUT2D eigenvalue weighted by Crippen LogP contribution is -2.50. The monoisotopic (exact) mass is 427 g/mol. The van der Waals surface area contributed by atoms with Crippen LogP contribution in [0.25, 0.3) is 0 Å². The zero-order valence-electron chi connectivity index (χ0n) is 17.9. The van der Waals surface area contributed by atoms with E-state index in [9.17, 15) is 19.1 Å². The number of amides is 2. The highest BCUT2D eigenvalue weighted by Crippen LogP contribution is 2.19. The van der Waals surface area contributed by atoms with Crippen LogP contribution in [0, 0.1) is 5.82 Å². The molecule has 0 radical (unpaired) electrons. The number of halogens is 1. The second kappa shape index (κ2) is 10.5. The van der Waals surface area contributed by atoms with Crippen LogP contribution < -0.4 is 16.0 Å². The van der Waals surface area contributed by atoms with Gasteiger partial charge in [0.1, 0.15) is 11.9 Å². The van der Waals surface area contributed by atoms with Crippen molar-refractivity contribution in [2.45, 2.75) is 63.8 Å². The quantitative estimate of drug-likeness (QED) is 0.519. The minimum Gasteiger partial charge on any atom is -0.382 e. The minimum atomic E-state index is -1.13. The van der Waals surface area contributed by atoms with E-state index in [4.69, 9.17) is 0 Å². The summed E-state index contributed by atoms with van der Waals surface area (Å²) in [5.74, 6) is -1.15. The van der Waals surface area contributed by atoms with Crippen LogP contribution in [-0.2, 0) is 4.79 Å². The SMILES string of the molecule is CC(NC(=O)[C@@H](O)[C@@H](C)NC1CCCC1)c1ccc(NC(=O)c2ccc(F)cc2)cc1. The Morgan fingerprint density at radius 3 is 2.23 bits per heavy atom. The number of hydrogen-bond donors (Lipinski definition) is 4. The van der Waals surface area contributed by atoms with Gasteiger partial charge in [-0.1, -0.05) is 25.0 Å². The van der Waals surface area contributed by atoms with Crippen LogP contribution in [-0.4, -0.2) is 35.1 Å². The number of carbonyl (C=O) groups excluding carboxylic acids is 2. The number of carbonyl (C=O) groups is 2. The molecule has 2 amide bonds. The Morgan fingerprint density at radius 1 is 1.00 bits per heavy atom. The fourth-order valence-corrected chi connectivity index (χ4v) is 3.82. The fraction of sp³-hybridized carbons (Fsp3) is 0.417. The van der Waals surface area contributed by atoms with Gasteiger partial charge in [-0.3, -0.25) is 9.59 Å². The van der Waals surface area contributed by atoms with Crippen molar-refractivity contribution in [3.63, 3.8) is 0 Å². The third-order valence-corrected chi connectivity index (χ3v) is 5.73. The molecule has 0 aromatic heterocycles. The van der Waals surface area contributed by atoms with Gasteiger partial charge in [0.15, 0.2) is 0 Å². The lowest BCUT2D eigenvalue weighted by atomic mass is 10.1. The Bertz CT molecular complexity index is 880. The molecule has 2 aromatic carbocycles. The average Bonchev–Trinajstić information content (AvgIpc) is 3.27. The summed E-state index contributed by atoms with van der Waals surface area (Å²) < 4.78 is 13.0. The topological polar surface area (TPSA) is 90.5 Å². The molecular weight excluding hydrogens is 397 g/mol. The Morgan fingerprint density at radius 2 is 1.61 bits per heavy atom. The van der Waals surface area contributed by atoms with Crippen LogP contribution in [0.5, 0.6) is 0 Å². The van der Waals surface area contributed by atoms with E-state index in [2.05, 4.69) is 16.0 Å². The highest BCUT2D eigenvalue weighted by molar-refractivity contribution is 6.04. The first-order valence-corrected chi connectivity index (χ1v) is 10.7. The summed E-state index contributed by atoms with van der Waals surface area (Å²) in [5.41, 5.74) is 1.79. The normalized spacial score (nSPS) is 17.0. The molecule has 3 rings (SSSR count). The number of rotatable bonds is 8. The third kappa shape index (κ3) is 6.35. The van der Waals surface area contributed by atoms with Gasteiger partial charge in [0.05, 0.1) is 6.04 Å². The lowest BCUT2D eigenvalue weighted by Gasteiger charge is -2.25. The molecule has 2 aromatic rings. The van der Waals surface area contributed by atoms with Crippen molar-refractivity contribution in [1.82, 2.24) is 10.6 Å². The third-order valence-electron chi connectivity index (χ3n) is 5.73. The Labute approximate surface area is 182 Å². The molecule has 1 aliphatic rings. The molecule has 0 spiro atoms. The summed E-state index contributed by atoms with van der Waals surface area (Å²) in [5, 5.41) is 19.3. The molecular formula is C24H30FN3O3. The van der Waals surface area contributed by atoms with E-state index in [1.165, 1.54) is 37.1 Å². The first kappa shape index (κ1) is 22.9. The van der Waals surface area contributed by atoms with Gasteiger partial charge in [-0.2, -0.15) is 0 Å². The van der Waals surface area contributed by atoms with E-state index >= 15 is 0 Å². The van der Waals surface area contributed by atoms with Gasteiger partial charge in [0, 0.05) is 23.3 Å². The van der Waals surface area contributed by atoms with Crippen molar-refractivity contribution in [3.05, 3.63) is 65.5 Å². The number of benzene rings is 2. The molecule has 3 atom stereocenters. The van der Waals surface area contributed by atoms with E-state index in [1.807, 2.05) is 13.8 Å². The Balaban J connectivity index is 1.51. The molecule has 1 unspecified atom stereocenters. The van der Waals surface area contributed by atoms with Gasteiger partial charge in [0.25, 0.3) is 11.8 Å². The Kier molecular flexibility index (Phi) is 7.76. The van der Waals surface area contributed by atoms with Crippen molar-refractivity contribution in [3.8, 4) is 0 Å². The van der Waals surface area contributed by atoms with E-state index in [0.29, 0.717) is 17.3 Å². The van der Waals surface area contributed by atoms with Gasteiger partial charge in [-0.15, -0.1) is 0 Å². The molecule has 31 heavy (non-hydrogen) atoms. The van der Waals surface area contributed by atoms with Crippen molar-refractivity contribution < 1.29 is 19.1 Å². The highest BCUT2D eigenvalue weighted by Gasteiger charge is 2.26. The van der Waals surface area contributed by atoms with Gasteiger partial charge >= 0.3 is 0 Å². The lowest BCUT2D eigenvalue weighted by molar-refractivity contribution is -0.131. The largest absolute Gasteiger partial charge is 0.382 e. The highest BCUT2D eigenvalue weighted by atomic mass is 19.1. The molecule has 1 aliphatic carbocycles. The van der Waals surface area contributed by atoms with Gasteiger partial charge < -0.3 is 21.1 Å². The number of hydrogen-bond acceptors (Lipinski definition) is 4. The molecule has 0 bridgehead atoms. The summed E-state index contributed by atoms with van der Waals surface area (Å²) in [6, 6.07) is 12.1. The van der Waals surface area contributed by atoms with E-state index in [0.717, 1.165) is 18.4 Å². The van der Waals surface area contributed by atoms with Crippen LogP contribution in [0.15, 0.2) is 48.5 Å². The summed E-state index contributed by atoms with van der Waals surface area (Å²) >= 11 is 0. The average molecular weight is 428 g/mol. The molecule has 1 fully saturated rings. The van der Waals surface area contributed by atoms with E-state index in [-0.39, 0.29) is 18.0 Å². The first-order chi connectivity index (χ1) is 14.8. The molecule has 4 N–H and O–H groups in total. The van der Waals surface area contributed by atoms with Crippen LogP contribution >= 0.6 is 0 Å². The maximum absolute atomic E-state index is 13.0. The number of aliphatic hydroxyl groups is 1. The van der Waals surface area contributed by atoms with Crippen molar-refractivity contribution >= 4 is 17.5 Å². The molecule has 0 aliphatic heterocycles. The number of anilines is 1. The zero-order valence-corrected chi connectivity index (χ0v) is 17.9. The predicted molar refractivity (Wildman–Crippen MR) is 118 cm³/mol. The first-order valence-electron chi connectivity index (χ1n) is 10.7. The van der Waals surface area contributed by atoms with Crippen LogP contribution in [0.3, 0.4) is 0 Å². The van der Waals surface area contributed by atoms with Crippen LogP contribution in [0.4, 0.5) is 10.1 Å². The molecule has 6 nitrogen and oxygen atoms in total. The molecule has 0 heterocycles. The van der Waals surface area contributed by atoms with Crippen LogP contribution in [0.2, 0.25) is 0 Å². The van der Waals surface area contributed by atoms with Crippen LogP contribution in [0.1, 0.15) is 61.5 Å². The second-order valence-corrected chi connectivity index (χ2v) is 8.19. The van der Waals surface area contributed by atoms with Gasteiger partial charge in [0.2, 0.25) is 0 Å². The van der Waals surface area contributed by atoms with Crippen molar-refractivity contribution in [1.29, 1.82) is 0 Å². The predicted octanol–water partition coefficient (Wildman–Crippen LogP) is 3.54. The molecule has 166 valence electrons. The summed E-state index contributed by atoms with van der Waals surface area (Å²) in [6.45, 7) is 3.66. The molecule has 1 saturated carbocycles. The molecule has 7 heteroatoms. The standard InChI is InChI=1S/C24H30FN3O3/c1-15(27-24(31)22(29)16(2)26-20-5-3-4-6-20)17-9-13-21(14-10-17)28-23(30)18-7-11-19(25)12-8-18/h7-16,20,22,26,29H,3-6H2,1-2H3,(H,27,31)(H,28,30)/t15?,16-,22+/m1/s1. The summed E-state index contributed by atoms with van der Waals surface area (Å²) in [6.07, 6.45) is 3.41. The zero-order chi connectivity index (χ0) is 22.4. The summed E-state index contributed by atoms with van der Waals surface area (Å²) in [4.78, 5) is 24.7. The summed E-state index contributed by atoms with van der Waals surface area (Å²) in [7, 11) is 0. The smallest absolute Gasteiger partial charge is 0.255 e. The molecule has 0 saturated heterocycles. The maximum Gasteiger partial charge on any atom is 0.255 e. The Hall–Kier alpha value is -2.77. The second-order valence-electron chi connectivity index (χ2n) is 8.19.